The van der Waals surface area contributed by atoms with Crippen LogP contribution in [0.5, 0.6) is 0 Å². The Morgan fingerprint density at radius 1 is 0.955 bits per heavy atom. The summed E-state index contributed by atoms with van der Waals surface area (Å²) >= 11 is 0. The van der Waals surface area contributed by atoms with Crippen LogP contribution in [0.25, 0.3) is 0 Å². The summed E-state index contributed by atoms with van der Waals surface area (Å²) < 4.78 is 6.01. The highest BCUT2D eigenvalue weighted by Gasteiger charge is 2.64. The van der Waals surface area contributed by atoms with Crippen LogP contribution in [0.3, 0.4) is 0 Å². The number of rotatable bonds is 11. The molecule has 0 bridgehead atoms. The monoisotopic (exact) mass is 614 g/mol. The largest absolute Gasteiger partial charge is 0.481 e. The van der Waals surface area contributed by atoms with Crippen molar-refractivity contribution >= 4 is 17.9 Å². The van der Waals surface area contributed by atoms with Crippen LogP contribution in [0.2, 0.25) is 0 Å². The predicted octanol–water partition coefficient (Wildman–Crippen LogP) is 7.96. The van der Waals surface area contributed by atoms with Crippen molar-refractivity contribution in [3.05, 3.63) is 23.3 Å². The molecule has 2 saturated carbocycles. The van der Waals surface area contributed by atoms with Crippen molar-refractivity contribution in [3.8, 4) is 0 Å². The Balaban J connectivity index is 1.57. The number of carbonyl (C=O) groups is 3. The molecule has 2 unspecified atom stereocenters. The summed E-state index contributed by atoms with van der Waals surface area (Å²) in [4.78, 5) is 36.7. The molecule has 0 amide bonds. The Labute approximate surface area is 264 Å². The number of esters is 1. The molecular formula is C37H58O7. The smallest absolute Gasteiger partial charge is 0.309 e. The molecule has 4 aliphatic rings. The fourth-order valence-electron chi connectivity index (χ4n) is 10.6. The fourth-order valence-corrected chi connectivity index (χ4v) is 10.6. The summed E-state index contributed by atoms with van der Waals surface area (Å²) in [6, 6.07) is 0. The van der Waals surface area contributed by atoms with Crippen molar-refractivity contribution in [2.75, 3.05) is 0 Å². The van der Waals surface area contributed by atoms with Crippen molar-refractivity contribution in [3.63, 3.8) is 0 Å². The van der Waals surface area contributed by atoms with E-state index in [2.05, 4.69) is 55.0 Å². The molecule has 248 valence electrons. The van der Waals surface area contributed by atoms with E-state index >= 15 is 0 Å². The van der Waals surface area contributed by atoms with E-state index in [9.17, 15) is 24.6 Å². The van der Waals surface area contributed by atoms with Crippen LogP contribution in [-0.4, -0.2) is 44.9 Å². The Bertz CT molecular complexity index is 1210. The van der Waals surface area contributed by atoms with Crippen molar-refractivity contribution in [1.29, 1.82) is 0 Å². The normalized spacial score (nSPS) is 36.5. The molecule has 0 aliphatic heterocycles. The van der Waals surface area contributed by atoms with E-state index in [0.717, 1.165) is 63.4 Å². The van der Waals surface area contributed by atoms with Gasteiger partial charge in [0.2, 0.25) is 0 Å². The van der Waals surface area contributed by atoms with Crippen molar-refractivity contribution < 1.29 is 34.4 Å². The molecule has 0 aromatic rings. The van der Waals surface area contributed by atoms with Gasteiger partial charge in [0, 0.05) is 5.41 Å². The second-order valence-corrected chi connectivity index (χ2v) is 16.7. The number of hydrogen-bond acceptors (Lipinski definition) is 5. The summed E-state index contributed by atoms with van der Waals surface area (Å²) in [5, 5.41) is 29.9. The van der Waals surface area contributed by atoms with Crippen LogP contribution in [0, 0.1) is 45.3 Å². The summed E-state index contributed by atoms with van der Waals surface area (Å²) in [5.74, 6) is -1.88. The van der Waals surface area contributed by atoms with E-state index in [1.54, 1.807) is 11.1 Å². The summed E-state index contributed by atoms with van der Waals surface area (Å²) in [6.45, 7) is 21.5. The van der Waals surface area contributed by atoms with Crippen LogP contribution in [0.1, 0.15) is 132 Å². The van der Waals surface area contributed by atoms with Gasteiger partial charge in [0.05, 0.1) is 24.4 Å². The van der Waals surface area contributed by atoms with E-state index in [1.807, 2.05) is 0 Å². The van der Waals surface area contributed by atoms with Gasteiger partial charge < -0.3 is 20.1 Å². The van der Waals surface area contributed by atoms with Crippen LogP contribution in [-0.2, 0) is 19.1 Å². The number of hydrogen-bond donors (Lipinski definition) is 3. The average Bonchev–Trinajstić information content (AvgIpc) is 3.15. The first-order valence-corrected chi connectivity index (χ1v) is 17.0. The van der Waals surface area contributed by atoms with Gasteiger partial charge in [0.25, 0.3) is 0 Å². The minimum atomic E-state index is -1.65. The van der Waals surface area contributed by atoms with Gasteiger partial charge >= 0.3 is 17.9 Å². The average molecular weight is 615 g/mol. The lowest BCUT2D eigenvalue weighted by molar-refractivity contribution is -0.174. The molecular weight excluding hydrogens is 556 g/mol. The van der Waals surface area contributed by atoms with E-state index in [1.165, 1.54) is 6.92 Å². The molecule has 0 aromatic heterocycles. The molecule has 4 aliphatic carbocycles. The third-order valence-corrected chi connectivity index (χ3v) is 13.5. The highest BCUT2D eigenvalue weighted by Crippen LogP contribution is 2.72. The second-order valence-electron chi connectivity index (χ2n) is 16.7. The topological polar surface area (TPSA) is 121 Å². The van der Waals surface area contributed by atoms with E-state index in [-0.39, 0.29) is 46.0 Å². The number of carboxylic acids is 2. The zero-order chi connectivity index (χ0) is 33.0. The third kappa shape index (κ3) is 5.91. The predicted molar refractivity (Wildman–Crippen MR) is 171 cm³/mol. The number of carbonyl (C=O) groups excluding carboxylic acids is 1. The highest BCUT2D eigenvalue weighted by atomic mass is 16.5. The molecule has 0 saturated heterocycles. The van der Waals surface area contributed by atoms with Crippen molar-refractivity contribution in [1.82, 2.24) is 0 Å². The number of aliphatic carboxylic acids is 2. The van der Waals surface area contributed by atoms with Crippen LogP contribution in [0.15, 0.2) is 23.3 Å². The van der Waals surface area contributed by atoms with E-state index < -0.39 is 29.9 Å². The van der Waals surface area contributed by atoms with Crippen LogP contribution in [0.4, 0.5) is 0 Å². The number of ether oxygens (including phenoxy) is 1. The van der Waals surface area contributed by atoms with Gasteiger partial charge in [-0.3, -0.25) is 14.4 Å². The van der Waals surface area contributed by atoms with Gasteiger partial charge in [-0.1, -0.05) is 71.8 Å². The minimum absolute atomic E-state index is 0.0155. The second kappa shape index (κ2) is 11.9. The number of aliphatic hydroxyl groups is 1. The highest BCUT2D eigenvalue weighted by molar-refractivity contribution is 5.74. The van der Waals surface area contributed by atoms with Gasteiger partial charge in [0.15, 0.2) is 0 Å². The molecule has 3 N–H and O–H groups in total. The van der Waals surface area contributed by atoms with Gasteiger partial charge in [-0.05, 0) is 105 Å². The fraction of sp³-hybridized carbons (Fsp3) is 0.811. The minimum Gasteiger partial charge on any atom is -0.481 e. The van der Waals surface area contributed by atoms with E-state index in [0.29, 0.717) is 18.3 Å². The Hall–Kier alpha value is -2.15. The summed E-state index contributed by atoms with van der Waals surface area (Å²) in [7, 11) is 0. The third-order valence-electron chi connectivity index (χ3n) is 13.5. The standard InChI is InChI=1S/C37H58O7/c1-22(2)23(3)10-11-24(32(41)42)25-14-18-37(9)27-12-13-28-33(4,5)29(44-31(40)21-34(6,43)20-30(38)39)16-17-35(28,7)26(27)15-19-36(25,37)8/h22,24-25,28-29,43H,3,10-21H2,1-2,4-9H3,(H,38,39)(H,41,42)/t24-,25+,28?,29+,34?,35+,36+,37-/m0/s1. The van der Waals surface area contributed by atoms with Gasteiger partial charge in [-0.15, -0.1) is 0 Å². The van der Waals surface area contributed by atoms with Gasteiger partial charge in [-0.25, -0.2) is 0 Å². The maximum absolute atomic E-state index is 12.9. The SMILES string of the molecule is C=C(CC[C@H](C(=O)O)[C@H]1CC[C@@]2(C)C3=C(CC[C@]12C)[C@@]1(C)CC[C@@H](OC(=O)CC(C)(O)CC(=O)O)C(C)(C)C1CC3)C(C)C. The Morgan fingerprint density at radius 2 is 1.61 bits per heavy atom. The Kier molecular flexibility index (Phi) is 9.39. The first-order chi connectivity index (χ1) is 20.2. The number of fused-ring (bicyclic) bond motifs is 4. The summed E-state index contributed by atoms with van der Waals surface area (Å²) in [5.41, 5.74) is 2.27. The lowest BCUT2D eigenvalue weighted by Crippen LogP contribution is -2.56. The van der Waals surface area contributed by atoms with Crippen molar-refractivity contribution in [2.45, 2.75) is 144 Å². The maximum atomic E-state index is 12.9. The zero-order valence-electron chi connectivity index (χ0n) is 28.6. The first kappa shape index (κ1) is 34.7. The lowest BCUT2D eigenvalue weighted by Gasteiger charge is -2.62. The van der Waals surface area contributed by atoms with Crippen LogP contribution >= 0.6 is 0 Å². The number of allylic oxidation sites excluding steroid dienone is 3. The number of carboxylic acid groups (broad SMARTS) is 2. The molecule has 0 spiro atoms. The molecule has 0 heterocycles. The molecule has 44 heavy (non-hydrogen) atoms. The molecule has 7 heteroatoms. The lowest BCUT2D eigenvalue weighted by atomic mass is 9.43. The van der Waals surface area contributed by atoms with Crippen molar-refractivity contribution in [2.24, 2.45) is 45.3 Å². The molecule has 7 nitrogen and oxygen atoms in total. The summed E-state index contributed by atoms with van der Waals surface area (Å²) in [6.07, 6.45) is 7.88. The molecule has 0 aromatic carbocycles. The molecule has 0 radical (unpaired) electrons. The maximum Gasteiger partial charge on any atom is 0.309 e. The van der Waals surface area contributed by atoms with Gasteiger partial charge in [-0.2, -0.15) is 0 Å². The molecule has 8 atom stereocenters. The first-order valence-electron chi connectivity index (χ1n) is 17.0. The molecule has 4 rings (SSSR count). The van der Waals surface area contributed by atoms with Gasteiger partial charge in [0.1, 0.15) is 6.10 Å². The molecule has 2 fully saturated rings. The zero-order valence-corrected chi connectivity index (χ0v) is 28.6. The van der Waals surface area contributed by atoms with Crippen LogP contribution < -0.4 is 0 Å². The quantitative estimate of drug-likeness (QED) is 0.159. The van der Waals surface area contributed by atoms with E-state index in [4.69, 9.17) is 9.84 Å². The Morgan fingerprint density at radius 3 is 2.20 bits per heavy atom.